The van der Waals surface area contributed by atoms with Crippen molar-refractivity contribution < 1.29 is 33.8 Å². The zero-order chi connectivity index (χ0) is 28.0. The first-order chi connectivity index (χ1) is 17.8. The van der Waals surface area contributed by atoms with E-state index in [9.17, 15) is 24.3 Å². The minimum absolute atomic E-state index is 0.0793. The smallest absolute Gasteiger partial charge is 0.416 e. The third-order valence-corrected chi connectivity index (χ3v) is 10.6. The van der Waals surface area contributed by atoms with E-state index in [1.807, 2.05) is 20.8 Å². The van der Waals surface area contributed by atoms with Crippen molar-refractivity contribution in [1.29, 1.82) is 0 Å². The highest BCUT2D eigenvalue weighted by Crippen LogP contribution is 2.67. The highest BCUT2D eigenvalue weighted by atomic mass is 16.6. The second kappa shape index (κ2) is 10.3. The number of nitrogens with two attached hydrogens (primary N) is 1. The predicted molar refractivity (Wildman–Crippen MR) is 139 cm³/mol. The van der Waals surface area contributed by atoms with Crippen LogP contribution in [0.15, 0.2) is 12.7 Å². The molecule has 1 heterocycles. The summed E-state index contributed by atoms with van der Waals surface area (Å²) in [5.41, 5.74) is 3.42. The third-order valence-electron chi connectivity index (χ3n) is 10.6. The Kier molecular flexibility index (Phi) is 7.71. The van der Waals surface area contributed by atoms with Gasteiger partial charge in [-0.05, 0) is 49.4 Å². The number of ketones is 1. The Morgan fingerprint density at radius 1 is 1.18 bits per heavy atom. The van der Waals surface area contributed by atoms with E-state index in [1.165, 1.54) is 0 Å². The van der Waals surface area contributed by atoms with Gasteiger partial charge in [-0.1, -0.05) is 33.8 Å². The zero-order valence-electron chi connectivity index (χ0n) is 23.0. The van der Waals surface area contributed by atoms with Crippen LogP contribution in [0.3, 0.4) is 0 Å². The molecule has 4 fully saturated rings. The van der Waals surface area contributed by atoms with Gasteiger partial charge in [0.25, 0.3) is 0 Å². The van der Waals surface area contributed by atoms with Gasteiger partial charge in [-0.25, -0.2) is 14.9 Å². The van der Waals surface area contributed by atoms with Crippen LogP contribution in [0, 0.1) is 34.0 Å². The van der Waals surface area contributed by atoms with Gasteiger partial charge in [0.15, 0.2) is 0 Å². The molecule has 1 aliphatic heterocycles. The quantitative estimate of drug-likeness (QED) is 0.457. The summed E-state index contributed by atoms with van der Waals surface area (Å²) in [6.07, 6.45) is 1.53. The maximum Gasteiger partial charge on any atom is 0.416 e. The van der Waals surface area contributed by atoms with Crippen molar-refractivity contribution >= 4 is 23.9 Å². The average molecular weight is 534 g/mol. The molecule has 3 saturated carbocycles. The first-order valence-electron chi connectivity index (χ1n) is 13.8. The fourth-order valence-corrected chi connectivity index (χ4v) is 8.18. The van der Waals surface area contributed by atoms with E-state index >= 15 is 0 Å². The Hall–Kier alpha value is -2.46. The lowest BCUT2D eigenvalue weighted by atomic mass is 9.44. The fourth-order valence-electron chi connectivity index (χ4n) is 8.18. The number of hydrogen-bond acceptors (Lipinski definition) is 8. The van der Waals surface area contributed by atoms with E-state index in [0.717, 1.165) is 12.8 Å². The molecule has 0 spiro atoms. The number of rotatable bonds is 5. The number of amides is 3. The summed E-state index contributed by atoms with van der Waals surface area (Å²) in [4.78, 5) is 51.9. The van der Waals surface area contributed by atoms with E-state index in [-0.39, 0.29) is 41.9 Å². The van der Waals surface area contributed by atoms with Gasteiger partial charge in [0.2, 0.25) is 5.91 Å². The summed E-state index contributed by atoms with van der Waals surface area (Å²) in [5.74, 6) is -0.690. The first-order valence-corrected chi connectivity index (χ1v) is 13.8. The van der Waals surface area contributed by atoms with Gasteiger partial charge in [-0.2, -0.15) is 0 Å². The minimum atomic E-state index is -0.948. The number of imide groups is 1. The molecule has 1 unspecified atom stereocenters. The number of aliphatic hydroxyl groups is 1. The molecule has 4 N–H and O–H groups in total. The SMILES string of the molecule is C=C[C@]1(C)C[C@@H](OC(=O)NC(=O)O[C@H]2CCN(CC(N)=O)C2)[C@@]2(C)C(C)CC[C@]3(CCC(=O)[C@H]32)[C@@H](C)[C@@H]1O. The molecule has 4 rings (SSSR count). The van der Waals surface area contributed by atoms with Crippen molar-refractivity contribution in [3.05, 3.63) is 12.7 Å². The number of primary amides is 1. The van der Waals surface area contributed by atoms with Crippen LogP contribution in [0.4, 0.5) is 9.59 Å². The van der Waals surface area contributed by atoms with Crippen LogP contribution in [0.1, 0.15) is 66.2 Å². The van der Waals surface area contributed by atoms with E-state index < -0.39 is 47.2 Å². The minimum Gasteiger partial charge on any atom is -0.445 e. The maximum atomic E-state index is 13.4. The number of ether oxygens (including phenoxy) is 2. The lowest BCUT2D eigenvalue weighted by molar-refractivity contribution is -0.191. The second-order valence-corrected chi connectivity index (χ2v) is 12.6. The summed E-state index contributed by atoms with van der Waals surface area (Å²) in [5, 5.41) is 13.8. The van der Waals surface area contributed by atoms with Crippen molar-refractivity contribution in [3.8, 4) is 0 Å². The number of nitrogens with one attached hydrogen (secondary N) is 1. The molecular weight excluding hydrogens is 490 g/mol. The molecule has 10 heteroatoms. The topological polar surface area (TPSA) is 148 Å². The summed E-state index contributed by atoms with van der Waals surface area (Å²) in [7, 11) is 0. The maximum absolute atomic E-state index is 13.4. The number of aliphatic hydroxyl groups excluding tert-OH is 1. The third kappa shape index (κ3) is 4.74. The number of nitrogens with zero attached hydrogens (tertiary/aromatic N) is 1. The molecule has 0 aromatic rings. The molecule has 1 saturated heterocycles. The average Bonchev–Trinajstić information content (AvgIpc) is 3.43. The lowest BCUT2D eigenvalue weighted by Gasteiger charge is -2.61. The Labute approximate surface area is 224 Å². The monoisotopic (exact) mass is 533 g/mol. The molecule has 0 aromatic heterocycles. The van der Waals surface area contributed by atoms with Crippen molar-refractivity contribution in [2.75, 3.05) is 19.6 Å². The van der Waals surface area contributed by atoms with E-state index in [1.54, 1.807) is 11.0 Å². The lowest BCUT2D eigenvalue weighted by Crippen LogP contribution is -2.63. The Bertz CT molecular complexity index is 1000. The number of carbonyl (C=O) groups excluding carboxylic acids is 4. The van der Waals surface area contributed by atoms with Crippen molar-refractivity contribution in [1.82, 2.24) is 10.2 Å². The molecule has 10 nitrogen and oxygen atoms in total. The molecule has 0 radical (unpaired) electrons. The molecule has 0 aromatic carbocycles. The largest absolute Gasteiger partial charge is 0.445 e. The van der Waals surface area contributed by atoms with Crippen LogP contribution in [0.5, 0.6) is 0 Å². The highest BCUT2D eigenvalue weighted by molar-refractivity contribution is 5.88. The fraction of sp³-hybridized carbons (Fsp3) is 0.786. The van der Waals surface area contributed by atoms with Crippen molar-refractivity contribution in [2.45, 2.75) is 84.5 Å². The molecule has 212 valence electrons. The summed E-state index contributed by atoms with van der Waals surface area (Å²) in [6.45, 7) is 13.1. The number of carbonyl (C=O) groups is 4. The zero-order valence-corrected chi connectivity index (χ0v) is 23.0. The van der Waals surface area contributed by atoms with Crippen LogP contribution in [-0.4, -0.2) is 71.8 Å². The number of Topliss-reactive ketones (excluding diaryl/α,β-unsaturated/α-hetero) is 1. The van der Waals surface area contributed by atoms with Gasteiger partial charge in [-0.15, -0.1) is 6.58 Å². The molecular formula is C28H43N3O7. The normalized spacial score (nSPS) is 42.9. The summed E-state index contributed by atoms with van der Waals surface area (Å²) >= 11 is 0. The van der Waals surface area contributed by atoms with Gasteiger partial charge in [0.05, 0.1) is 12.6 Å². The predicted octanol–water partition coefficient (Wildman–Crippen LogP) is 2.77. The van der Waals surface area contributed by atoms with Gasteiger partial charge < -0.3 is 20.3 Å². The van der Waals surface area contributed by atoms with Crippen LogP contribution >= 0.6 is 0 Å². The first kappa shape index (κ1) is 28.5. The Morgan fingerprint density at radius 2 is 1.87 bits per heavy atom. The summed E-state index contributed by atoms with van der Waals surface area (Å²) in [6, 6.07) is 0. The molecule has 4 aliphatic rings. The van der Waals surface area contributed by atoms with Gasteiger partial charge in [-0.3, -0.25) is 14.5 Å². The molecule has 9 atom stereocenters. The van der Waals surface area contributed by atoms with Crippen molar-refractivity contribution in [2.24, 2.45) is 39.7 Å². The van der Waals surface area contributed by atoms with Crippen LogP contribution < -0.4 is 11.1 Å². The van der Waals surface area contributed by atoms with E-state index in [2.05, 4.69) is 18.8 Å². The standard InChI is InChI=1S/C28H43N3O7/c1-6-26(4)13-20(38-25(36)30-24(35)37-18-9-12-31(14-18)15-21(29)33)27(5)16(2)7-10-28(17(3)23(26)34)11-8-19(32)22(27)28/h6,16-18,20,22-23,34H,1,7-15H2,2-5H3,(H2,29,33)(H,30,35,36)/t16?,17-,18-,20+,22-,23-,26+,27+,28-/m0/s1. The van der Waals surface area contributed by atoms with Gasteiger partial charge >= 0.3 is 12.2 Å². The van der Waals surface area contributed by atoms with Crippen molar-refractivity contribution in [3.63, 3.8) is 0 Å². The van der Waals surface area contributed by atoms with E-state index in [0.29, 0.717) is 32.4 Å². The number of hydrogen-bond donors (Lipinski definition) is 3. The van der Waals surface area contributed by atoms with Gasteiger partial charge in [0.1, 0.15) is 18.0 Å². The molecule has 3 amide bonds. The highest BCUT2D eigenvalue weighted by Gasteiger charge is 2.68. The Balaban J connectivity index is 1.54. The summed E-state index contributed by atoms with van der Waals surface area (Å²) < 4.78 is 11.4. The van der Waals surface area contributed by atoms with Crippen LogP contribution in [-0.2, 0) is 19.1 Å². The second-order valence-electron chi connectivity index (χ2n) is 12.6. The number of likely N-dealkylation sites (tertiary alicyclic amines) is 1. The Morgan fingerprint density at radius 3 is 2.53 bits per heavy atom. The van der Waals surface area contributed by atoms with Crippen LogP contribution in [0.25, 0.3) is 0 Å². The number of alkyl carbamates (subject to hydrolysis) is 2. The van der Waals surface area contributed by atoms with E-state index in [4.69, 9.17) is 15.2 Å². The van der Waals surface area contributed by atoms with Crippen LogP contribution in [0.2, 0.25) is 0 Å². The molecule has 3 aliphatic carbocycles. The molecule has 2 bridgehead atoms. The molecule has 38 heavy (non-hydrogen) atoms. The van der Waals surface area contributed by atoms with Gasteiger partial charge in [0, 0.05) is 36.3 Å².